The number of nitrogens with two attached hydrogens (primary N) is 1. The summed E-state index contributed by atoms with van der Waals surface area (Å²) in [6, 6.07) is 3.56. The summed E-state index contributed by atoms with van der Waals surface area (Å²) in [5.74, 6) is 0.353. The first-order valence-electron chi connectivity index (χ1n) is 5.63. The normalized spacial score (nSPS) is 12.0. The van der Waals surface area contributed by atoms with Gasteiger partial charge in [0.15, 0.2) is 0 Å². The largest absolute Gasteiger partial charge is 0.465 e. The second kappa shape index (κ2) is 6.20. The van der Waals surface area contributed by atoms with Gasteiger partial charge in [0.2, 0.25) is 0 Å². The van der Waals surface area contributed by atoms with Crippen molar-refractivity contribution in [3.63, 3.8) is 0 Å². The van der Waals surface area contributed by atoms with Crippen LogP contribution in [0.2, 0.25) is 0 Å². The van der Waals surface area contributed by atoms with Crippen LogP contribution in [0.25, 0.3) is 0 Å². The van der Waals surface area contributed by atoms with Crippen LogP contribution in [0.15, 0.2) is 12.1 Å². The van der Waals surface area contributed by atoms with Crippen molar-refractivity contribution >= 4 is 11.8 Å². The number of carbonyl (C=O) groups is 1. The third-order valence-corrected chi connectivity index (χ3v) is 2.56. The number of hydrogen-bond donors (Lipinski definition) is 2. The number of aromatic nitrogens is 1. The summed E-state index contributed by atoms with van der Waals surface area (Å²) >= 11 is 0. The fourth-order valence-electron chi connectivity index (χ4n) is 1.37. The average molecular weight is 237 g/mol. The van der Waals surface area contributed by atoms with Crippen molar-refractivity contribution in [2.24, 2.45) is 5.73 Å². The van der Waals surface area contributed by atoms with E-state index < -0.39 is 0 Å². The number of esters is 1. The molecule has 5 heteroatoms. The molecule has 1 atom stereocenters. The van der Waals surface area contributed by atoms with Crippen molar-refractivity contribution in [3.05, 3.63) is 23.4 Å². The third-order valence-electron chi connectivity index (χ3n) is 2.56. The molecule has 0 aliphatic heterocycles. The molecule has 0 aliphatic carbocycles. The van der Waals surface area contributed by atoms with Gasteiger partial charge in [0.05, 0.1) is 18.4 Å². The summed E-state index contributed by atoms with van der Waals surface area (Å²) in [6.45, 7) is 4.48. The first-order valence-corrected chi connectivity index (χ1v) is 5.63. The van der Waals surface area contributed by atoms with Crippen LogP contribution in [-0.2, 0) is 4.74 Å². The number of nitrogens with one attached hydrogen (secondary N) is 1. The molecule has 0 radical (unpaired) electrons. The Balaban J connectivity index is 2.72. The summed E-state index contributed by atoms with van der Waals surface area (Å²) in [5, 5.41) is 3.13. The molecule has 0 fully saturated rings. The van der Waals surface area contributed by atoms with Gasteiger partial charge >= 0.3 is 5.97 Å². The van der Waals surface area contributed by atoms with E-state index in [2.05, 4.69) is 15.0 Å². The number of anilines is 1. The van der Waals surface area contributed by atoms with E-state index >= 15 is 0 Å². The SMILES string of the molecule is CCC(N)CNc1ccc(C(=O)OC)c(C)n1. The van der Waals surface area contributed by atoms with Crippen molar-refractivity contribution in [2.45, 2.75) is 26.3 Å². The lowest BCUT2D eigenvalue weighted by Gasteiger charge is -2.12. The smallest absolute Gasteiger partial charge is 0.339 e. The van der Waals surface area contributed by atoms with Crippen LogP contribution >= 0.6 is 0 Å². The molecule has 0 bridgehead atoms. The molecule has 0 saturated carbocycles. The second-order valence-electron chi connectivity index (χ2n) is 3.87. The maximum absolute atomic E-state index is 11.4. The molecule has 1 unspecified atom stereocenters. The maximum atomic E-state index is 11.4. The minimum absolute atomic E-state index is 0.109. The Labute approximate surface area is 101 Å². The van der Waals surface area contributed by atoms with Crippen LogP contribution in [0.5, 0.6) is 0 Å². The summed E-state index contributed by atoms with van der Waals surface area (Å²) < 4.78 is 4.65. The molecule has 3 N–H and O–H groups in total. The number of rotatable bonds is 5. The van der Waals surface area contributed by atoms with Crippen molar-refractivity contribution < 1.29 is 9.53 Å². The van der Waals surface area contributed by atoms with Crippen molar-refractivity contribution in [1.82, 2.24) is 4.98 Å². The van der Waals surface area contributed by atoms with Crippen LogP contribution in [0, 0.1) is 6.92 Å². The topological polar surface area (TPSA) is 77.2 Å². The van der Waals surface area contributed by atoms with E-state index in [1.807, 2.05) is 6.92 Å². The first kappa shape index (κ1) is 13.4. The molecule has 1 rings (SSSR count). The van der Waals surface area contributed by atoms with Gasteiger partial charge in [0.25, 0.3) is 0 Å². The summed E-state index contributed by atoms with van der Waals surface area (Å²) in [6.07, 6.45) is 0.909. The summed E-state index contributed by atoms with van der Waals surface area (Å²) in [5.41, 5.74) is 6.92. The maximum Gasteiger partial charge on any atom is 0.339 e. The van der Waals surface area contributed by atoms with Crippen molar-refractivity contribution in [3.8, 4) is 0 Å². The summed E-state index contributed by atoms with van der Waals surface area (Å²) in [4.78, 5) is 15.6. The van der Waals surface area contributed by atoms with E-state index in [0.29, 0.717) is 17.8 Å². The van der Waals surface area contributed by atoms with E-state index in [1.54, 1.807) is 19.1 Å². The number of hydrogen-bond acceptors (Lipinski definition) is 5. The van der Waals surface area contributed by atoms with Crippen LogP contribution < -0.4 is 11.1 Å². The van der Waals surface area contributed by atoms with E-state index in [1.165, 1.54) is 7.11 Å². The lowest BCUT2D eigenvalue weighted by atomic mass is 10.2. The van der Waals surface area contributed by atoms with Gasteiger partial charge in [0.1, 0.15) is 5.82 Å². The lowest BCUT2D eigenvalue weighted by Crippen LogP contribution is -2.28. The van der Waals surface area contributed by atoms with Gasteiger partial charge in [-0.05, 0) is 25.5 Å². The molecule has 94 valence electrons. The Hall–Kier alpha value is -1.62. The quantitative estimate of drug-likeness (QED) is 0.755. The van der Waals surface area contributed by atoms with Gasteiger partial charge < -0.3 is 15.8 Å². The molecule has 17 heavy (non-hydrogen) atoms. The summed E-state index contributed by atoms with van der Waals surface area (Å²) in [7, 11) is 1.36. The van der Waals surface area contributed by atoms with E-state index in [4.69, 9.17) is 5.73 Å². The first-order chi connectivity index (χ1) is 8.08. The fraction of sp³-hybridized carbons (Fsp3) is 0.500. The molecule has 1 aromatic heterocycles. The Morgan fingerprint density at radius 3 is 2.82 bits per heavy atom. The molecule has 1 aromatic rings. The van der Waals surface area contributed by atoms with Crippen LogP contribution in [-0.4, -0.2) is 30.6 Å². The Bertz CT molecular complexity index is 393. The Morgan fingerprint density at radius 1 is 1.59 bits per heavy atom. The number of nitrogens with zero attached hydrogens (tertiary/aromatic N) is 1. The molecule has 0 aromatic carbocycles. The highest BCUT2D eigenvalue weighted by molar-refractivity contribution is 5.90. The van der Waals surface area contributed by atoms with Gasteiger partial charge in [-0.15, -0.1) is 0 Å². The second-order valence-corrected chi connectivity index (χ2v) is 3.87. The molecular weight excluding hydrogens is 218 g/mol. The van der Waals surface area contributed by atoms with Crippen LogP contribution in [0.4, 0.5) is 5.82 Å². The highest BCUT2D eigenvalue weighted by atomic mass is 16.5. The van der Waals surface area contributed by atoms with Crippen LogP contribution in [0.1, 0.15) is 29.4 Å². The zero-order valence-corrected chi connectivity index (χ0v) is 10.5. The standard InChI is InChI=1S/C12H19N3O2/c1-4-9(13)7-14-11-6-5-10(8(2)15-11)12(16)17-3/h5-6,9H,4,7,13H2,1-3H3,(H,14,15). The fourth-order valence-corrected chi connectivity index (χ4v) is 1.37. The third kappa shape index (κ3) is 3.71. The molecule has 5 nitrogen and oxygen atoms in total. The number of ether oxygens (including phenoxy) is 1. The zero-order chi connectivity index (χ0) is 12.8. The van der Waals surface area contributed by atoms with Gasteiger partial charge in [-0.25, -0.2) is 9.78 Å². The number of pyridine rings is 1. The van der Waals surface area contributed by atoms with Gasteiger partial charge in [0, 0.05) is 12.6 Å². The molecule has 1 heterocycles. The average Bonchev–Trinajstić information content (AvgIpc) is 2.35. The van der Waals surface area contributed by atoms with Crippen LogP contribution in [0.3, 0.4) is 0 Å². The lowest BCUT2D eigenvalue weighted by molar-refractivity contribution is 0.0599. The van der Waals surface area contributed by atoms with E-state index in [-0.39, 0.29) is 12.0 Å². The number of carbonyl (C=O) groups excluding carboxylic acids is 1. The molecule has 0 amide bonds. The Morgan fingerprint density at radius 2 is 2.29 bits per heavy atom. The number of methoxy groups -OCH3 is 1. The van der Waals surface area contributed by atoms with E-state index in [0.717, 1.165) is 12.2 Å². The minimum Gasteiger partial charge on any atom is -0.465 e. The highest BCUT2D eigenvalue weighted by Crippen LogP contribution is 2.11. The minimum atomic E-state index is -0.369. The molecular formula is C12H19N3O2. The van der Waals surface area contributed by atoms with Gasteiger partial charge in [-0.3, -0.25) is 0 Å². The monoisotopic (exact) mass is 237 g/mol. The predicted octanol–water partition coefficient (Wildman–Crippen LogP) is 1.33. The molecule has 0 spiro atoms. The van der Waals surface area contributed by atoms with Gasteiger partial charge in [-0.1, -0.05) is 6.92 Å². The van der Waals surface area contributed by atoms with Crippen molar-refractivity contribution in [1.29, 1.82) is 0 Å². The van der Waals surface area contributed by atoms with Gasteiger partial charge in [-0.2, -0.15) is 0 Å². The van der Waals surface area contributed by atoms with E-state index in [9.17, 15) is 4.79 Å². The number of aryl methyl sites for hydroxylation is 1. The molecule has 0 saturated heterocycles. The molecule has 0 aliphatic rings. The Kier molecular flexibility index (Phi) is 4.90. The predicted molar refractivity (Wildman–Crippen MR) is 67.1 cm³/mol. The van der Waals surface area contributed by atoms with Crippen molar-refractivity contribution in [2.75, 3.05) is 19.0 Å². The zero-order valence-electron chi connectivity index (χ0n) is 10.5. The highest BCUT2D eigenvalue weighted by Gasteiger charge is 2.10.